The van der Waals surface area contributed by atoms with Crippen molar-refractivity contribution in [1.29, 1.82) is 0 Å². The number of nitrogens with one attached hydrogen (secondary N) is 1. The van der Waals surface area contributed by atoms with Crippen LogP contribution < -0.4 is 4.74 Å². The van der Waals surface area contributed by atoms with Crippen LogP contribution in [0.2, 0.25) is 0 Å². The van der Waals surface area contributed by atoms with E-state index in [-0.39, 0.29) is 0 Å². The molecule has 0 amide bonds. The molecular weight excluding hydrogens is 470 g/mol. The van der Waals surface area contributed by atoms with Crippen LogP contribution >= 0.6 is 12.2 Å². The Morgan fingerprint density at radius 2 is 1.69 bits per heavy atom. The topological polar surface area (TPSA) is 60.2 Å². The van der Waals surface area contributed by atoms with Crippen LogP contribution in [0.25, 0.3) is 39.2 Å². The number of aromatic amines is 1. The van der Waals surface area contributed by atoms with Gasteiger partial charge < -0.3 is 14.5 Å². The van der Waals surface area contributed by atoms with E-state index in [9.17, 15) is 0 Å². The molecule has 3 heterocycles. The summed E-state index contributed by atoms with van der Waals surface area (Å²) >= 11 is 6.02. The Morgan fingerprint density at radius 1 is 0.972 bits per heavy atom. The molecule has 0 aliphatic carbocycles. The van der Waals surface area contributed by atoms with Crippen molar-refractivity contribution in [1.82, 2.24) is 24.2 Å². The third kappa shape index (κ3) is 4.13. The number of benzene rings is 3. The molecule has 0 spiro atoms. The number of nitrogens with zero attached hydrogens (tertiary/aromatic N) is 4. The van der Waals surface area contributed by atoms with Crippen LogP contribution in [-0.4, -0.2) is 57.6 Å². The average molecular weight is 498 g/mol. The number of hydrogen-bond acceptors (Lipinski definition) is 5. The molecule has 0 unspecified atom stereocenters. The van der Waals surface area contributed by atoms with Gasteiger partial charge in [0.05, 0.1) is 38.4 Å². The standard InChI is InChI=1S/C28H27N5O2S/c1-34-22-12-13-24-23(18-22)25(20-8-4-2-5-9-20)26(29-24)27-30-32(19-31-14-16-35-17-15-31)28(36)33(27)21-10-6-3-7-11-21/h2-13,18,29H,14-17,19H2,1H3. The Hall–Kier alpha value is -3.72. The van der Waals surface area contributed by atoms with Gasteiger partial charge in [0.1, 0.15) is 5.75 Å². The van der Waals surface area contributed by atoms with Gasteiger partial charge in [-0.05, 0) is 48.1 Å². The lowest BCUT2D eigenvalue weighted by molar-refractivity contribution is 0.0210. The number of fused-ring (bicyclic) bond motifs is 1. The highest BCUT2D eigenvalue weighted by Crippen LogP contribution is 2.39. The monoisotopic (exact) mass is 497 g/mol. The van der Waals surface area contributed by atoms with Gasteiger partial charge in [-0.25, -0.2) is 4.68 Å². The third-order valence-electron chi connectivity index (χ3n) is 6.58. The maximum atomic E-state index is 6.02. The molecule has 1 aliphatic rings. The maximum absolute atomic E-state index is 6.02. The van der Waals surface area contributed by atoms with Gasteiger partial charge in [-0.1, -0.05) is 48.5 Å². The summed E-state index contributed by atoms with van der Waals surface area (Å²) in [6, 6.07) is 26.7. The van der Waals surface area contributed by atoms with Gasteiger partial charge in [-0.2, -0.15) is 0 Å². The number of methoxy groups -OCH3 is 1. The molecule has 0 bridgehead atoms. The fraction of sp³-hybridized carbons (Fsp3) is 0.214. The zero-order valence-corrected chi connectivity index (χ0v) is 20.9. The molecule has 5 aromatic rings. The van der Waals surface area contributed by atoms with Crippen molar-refractivity contribution in [3.63, 3.8) is 0 Å². The minimum atomic E-state index is 0.615. The van der Waals surface area contributed by atoms with E-state index < -0.39 is 0 Å². The number of rotatable bonds is 6. The molecule has 7 nitrogen and oxygen atoms in total. The molecule has 8 heteroatoms. The fourth-order valence-corrected chi connectivity index (χ4v) is 5.06. The van der Waals surface area contributed by atoms with Gasteiger partial charge in [0.25, 0.3) is 0 Å². The zero-order valence-electron chi connectivity index (χ0n) is 20.1. The van der Waals surface area contributed by atoms with Crippen LogP contribution in [0.3, 0.4) is 0 Å². The van der Waals surface area contributed by atoms with Gasteiger partial charge in [-0.3, -0.25) is 9.47 Å². The van der Waals surface area contributed by atoms with E-state index in [1.807, 2.05) is 35.0 Å². The molecular formula is C28H27N5O2S. The predicted octanol–water partition coefficient (Wildman–Crippen LogP) is 5.52. The minimum Gasteiger partial charge on any atom is -0.497 e. The van der Waals surface area contributed by atoms with E-state index in [1.54, 1.807) is 7.11 Å². The normalized spacial score (nSPS) is 14.4. The Labute approximate surface area is 214 Å². The first-order valence-corrected chi connectivity index (χ1v) is 12.4. The Morgan fingerprint density at radius 3 is 2.42 bits per heavy atom. The highest BCUT2D eigenvalue weighted by Gasteiger charge is 2.23. The van der Waals surface area contributed by atoms with Crippen LogP contribution in [0.1, 0.15) is 0 Å². The average Bonchev–Trinajstić information content (AvgIpc) is 3.47. The Bertz CT molecular complexity index is 1550. The molecule has 1 saturated heterocycles. The Balaban J connectivity index is 1.60. The molecule has 6 rings (SSSR count). The lowest BCUT2D eigenvalue weighted by Gasteiger charge is -2.26. The summed E-state index contributed by atoms with van der Waals surface area (Å²) in [5.74, 6) is 1.58. The summed E-state index contributed by atoms with van der Waals surface area (Å²) in [6.45, 7) is 3.78. The second kappa shape index (κ2) is 9.73. The molecule has 182 valence electrons. The molecule has 0 saturated carbocycles. The minimum absolute atomic E-state index is 0.615. The van der Waals surface area contributed by atoms with Gasteiger partial charge >= 0.3 is 0 Å². The van der Waals surface area contributed by atoms with E-state index in [4.69, 9.17) is 26.8 Å². The van der Waals surface area contributed by atoms with Crippen molar-refractivity contribution in [2.45, 2.75) is 6.67 Å². The van der Waals surface area contributed by atoms with Crippen molar-refractivity contribution in [2.24, 2.45) is 0 Å². The first kappa shape index (κ1) is 22.7. The smallest absolute Gasteiger partial charge is 0.204 e. The summed E-state index contributed by atoms with van der Waals surface area (Å²) in [5.41, 5.74) is 5.07. The van der Waals surface area contributed by atoms with Crippen LogP contribution in [0.4, 0.5) is 0 Å². The predicted molar refractivity (Wildman–Crippen MR) is 144 cm³/mol. The molecule has 1 aliphatic heterocycles. The number of morpholine rings is 1. The SMILES string of the molecule is COc1ccc2[nH]c(-c3nn(CN4CCOCC4)c(=S)n3-c3ccccc3)c(-c3ccccc3)c2c1. The van der Waals surface area contributed by atoms with Crippen molar-refractivity contribution in [2.75, 3.05) is 33.4 Å². The Kier molecular flexibility index (Phi) is 6.14. The van der Waals surface area contributed by atoms with E-state index in [0.717, 1.165) is 71.3 Å². The fourth-order valence-electron chi connectivity index (χ4n) is 4.77. The number of hydrogen-bond donors (Lipinski definition) is 1. The second-order valence-corrected chi connectivity index (χ2v) is 9.17. The summed E-state index contributed by atoms with van der Waals surface area (Å²) in [5, 5.41) is 6.18. The van der Waals surface area contributed by atoms with Gasteiger partial charge in [-0.15, -0.1) is 5.10 Å². The number of aromatic nitrogens is 4. The van der Waals surface area contributed by atoms with Crippen LogP contribution in [0, 0.1) is 4.77 Å². The molecule has 36 heavy (non-hydrogen) atoms. The molecule has 2 aromatic heterocycles. The zero-order chi connectivity index (χ0) is 24.5. The van der Waals surface area contributed by atoms with Crippen molar-refractivity contribution in [3.05, 3.63) is 83.6 Å². The van der Waals surface area contributed by atoms with Crippen molar-refractivity contribution < 1.29 is 9.47 Å². The summed E-state index contributed by atoms with van der Waals surface area (Å²) in [7, 11) is 1.69. The molecule has 1 fully saturated rings. The molecule has 3 aromatic carbocycles. The van der Waals surface area contributed by atoms with Crippen LogP contribution in [0.5, 0.6) is 5.75 Å². The first-order chi connectivity index (χ1) is 17.7. The van der Waals surface area contributed by atoms with Crippen LogP contribution in [0.15, 0.2) is 78.9 Å². The van der Waals surface area contributed by atoms with E-state index in [1.165, 1.54) is 0 Å². The summed E-state index contributed by atoms with van der Waals surface area (Å²) in [4.78, 5) is 5.97. The maximum Gasteiger partial charge on any atom is 0.204 e. The number of H-pyrrole nitrogens is 1. The highest BCUT2D eigenvalue weighted by molar-refractivity contribution is 7.71. The summed E-state index contributed by atoms with van der Waals surface area (Å²) in [6.07, 6.45) is 0. The molecule has 0 atom stereocenters. The highest BCUT2D eigenvalue weighted by atomic mass is 32.1. The second-order valence-electron chi connectivity index (χ2n) is 8.80. The number of ether oxygens (including phenoxy) is 2. The van der Waals surface area contributed by atoms with E-state index in [0.29, 0.717) is 11.4 Å². The van der Waals surface area contributed by atoms with Gasteiger partial charge in [0.15, 0.2) is 5.82 Å². The molecule has 0 radical (unpaired) electrons. The quantitative estimate of drug-likeness (QED) is 0.313. The lowest BCUT2D eigenvalue weighted by atomic mass is 10.0. The van der Waals surface area contributed by atoms with Crippen molar-refractivity contribution in [3.8, 4) is 34.1 Å². The van der Waals surface area contributed by atoms with Gasteiger partial charge in [0.2, 0.25) is 4.77 Å². The van der Waals surface area contributed by atoms with E-state index in [2.05, 4.69) is 63.0 Å². The summed E-state index contributed by atoms with van der Waals surface area (Å²) < 4.78 is 15.7. The third-order valence-corrected chi connectivity index (χ3v) is 6.98. The van der Waals surface area contributed by atoms with Crippen molar-refractivity contribution >= 4 is 23.1 Å². The van der Waals surface area contributed by atoms with E-state index >= 15 is 0 Å². The van der Waals surface area contributed by atoms with Crippen LogP contribution in [-0.2, 0) is 11.4 Å². The number of para-hydroxylation sites is 1. The molecule has 1 N–H and O–H groups in total. The first-order valence-electron chi connectivity index (χ1n) is 12.0. The lowest BCUT2D eigenvalue weighted by Crippen LogP contribution is -2.37. The largest absolute Gasteiger partial charge is 0.497 e. The van der Waals surface area contributed by atoms with Gasteiger partial charge in [0, 0.05) is 29.6 Å².